The minimum atomic E-state index is -0.224. The van der Waals surface area contributed by atoms with Crippen LogP contribution in [0.3, 0.4) is 0 Å². The Kier molecular flexibility index (Phi) is 5.30. The van der Waals surface area contributed by atoms with Crippen molar-refractivity contribution in [2.45, 2.75) is 0 Å². The molecule has 130 valence electrons. The highest BCUT2D eigenvalue weighted by Gasteiger charge is 2.24. The quantitative estimate of drug-likeness (QED) is 0.741. The first-order chi connectivity index (χ1) is 11.7. The van der Waals surface area contributed by atoms with Crippen LogP contribution in [-0.4, -0.2) is 85.9 Å². The lowest BCUT2D eigenvalue weighted by Crippen LogP contribution is -2.53. The van der Waals surface area contributed by atoms with Gasteiger partial charge in [-0.2, -0.15) is 0 Å². The first-order valence-corrected chi connectivity index (χ1v) is 8.36. The fourth-order valence-electron chi connectivity index (χ4n) is 3.18. The summed E-state index contributed by atoms with van der Waals surface area (Å²) >= 11 is 0. The van der Waals surface area contributed by atoms with Gasteiger partial charge in [-0.05, 0) is 24.3 Å². The van der Waals surface area contributed by atoms with Gasteiger partial charge >= 0.3 is 0 Å². The molecule has 3 rings (SSSR count). The number of anilines is 1. The summed E-state index contributed by atoms with van der Waals surface area (Å²) in [5.74, 6) is -0.0894. The minimum absolute atomic E-state index is 0.135. The van der Waals surface area contributed by atoms with E-state index in [0.717, 1.165) is 38.3 Å². The van der Waals surface area contributed by atoms with Crippen molar-refractivity contribution in [1.82, 2.24) is 14.7 Å². The fraction of sp³-hybridized carbons (Fsp3) is 0.529. The molecule has 1 aromatic rings. The standard InChI is InChI=1S/C17H23FN4O2/c18-15-1-3-16(4-2-15)21-9-5-19(6-10-21)13-17(24)22-11-7-20(14-23)8-12-22/h1-4,14H,5-13H2. The molecule has 0 bridgehead atoms. The van der Waals surface area contributed by atoms with Crippen LogP contribution in [0.2, 0.25) is 0 Å². The van der Waals surface area contributed by atoms with Crippen LogP contribution < -0.4 is 4.90 Å². The van der Waals surface area contributed by atoms with Crippen molar-refractivity contribution in [3.05, 3.63) is 30.1 Å². The van der Waals surface area contributed by atoms with Crippen LogP contribution >= 0.6 is 0 Å². The largest absolute Gasteiger partial charge is 0.369 e. The predicted molar refractivity (Wildman–Crippen MR) is 89.3 cm³/mol. The first kappa shape index (κ1) is 16.7. The molecule has 0 aromatic heterocycles. The predicted octanol–water partition coefficient (Wildman–Crippen LogP) is 0.248. The molecule has 2 saturated heterocycles. The second-order valence-electron chi connectivity index (χ2n) is 6.26. The van der Waals surface area contributed by atoms with Crippen LogP contribution in [-0.2, 0) is 9.59 Å². The molecule has 0 aliphatic carbocycles. The third-order valence-electron chi connectivity index (χ3n) is 4.74. The molecule has 0 atom stereocenters. The molecule has 7 heteroatoms. The Labute approximate surface area is 141 Å². The number of carbonyl (C=O) groups excluding carboxylic acids is 2. The van der Waals surface area contributed by atoms with Gasteiger partial charge in [0.15, 0.2) is 0 Å². The molecular weight excluding hydrogens is 311 g/mol. The molecule has 0 unspecified atom stereocenters. The number of amides is 2. The van der Waals surface area contributed by atoms with Crippen LogP contribution in [0, 0.1) is 5.82 Å². The molecular formula is C17H23FN4O2. The van der Waals surface area contributed by atoms with Crippen LogP contribution in [0.4, 0.5) is 10.1 Å². The van der Waals surface area contributed by atoms with Crippen molar-refractivity contribution >= 4 is 18.0 Å². The summed E-state index contributed by atoms with van der Waals surface area (Å²) in [6, 6.07) is 6.54. The van der Waals surface area contributed by atoms with Crippen molar-refractivity contribution in [3.8, 4) is 0 Å². The second-order valence-corrected chi connectivity index (χ2v) is 6.26. The maximum atomic E-state index is 13.0. The van der Waals surface area contributed by atoms with Crippen molar-refractivity contribution in [2.75, 3.05) is 63.8 Å². The lowest BCUT2D eigenvalue weighted by atomic mass is 10.2. The summed E-state index contributed by atoms with van der Waals surface area (Å²) in [5.41, 5.74) is 1.02. The number of piperazine rings is 2. The smallest absolute Gasteiger partial charge is 0.236 e. The topological polar surface area (TPSA) is 47.1 Å². The van der Waals surface area contributed by atoms with E-state index in [1.165, 1.54) is 12.1 Å². The Balaban J connectivity index is 1.44. The van der Waals surface area contributed by atoms with E-state index in [9.17, 15) is 14.0 Å². The highest BCUT2D eigenvalue weighted by Crippen LogP contribution is 2.17. The molecule has 2 aliphatic rings. The van der Waals surface area contributed by atoms with Crippen LogP contribution in [0.5, 0.6) is 0 Å². The number of rotatable bonds is 4. The van der Waals surface area contributed by atoms with E-state index in [-0.39, 0.29) is 11.7 Å². The van der Waals surface area contributed by atoms with E-state index in [0.29, 0.717) is 32.7 Å². The molecule has 2 fully saturated rings. The van der Waals surface area contributed by atoms with Gasteiger partial charge in [-0.1, -0.05) is 0 Å². The molecule has 24 heavy (non-hydrogen) atoms. The maximum absolute atomic E-state index is 13.0. The third kappa shape index (κ3) is 4.03. The van der Waals surface area contributed by atoms with Crippen LogP contribution in [0.1, 0.15) is 0 Å². The van der Waals surface area contributed by atoms with Crippen molar-refractivity contribution < 1.29 is 14.0 Å². The zero-order valence-corrected chi connectivity index (χ0v) is 13.7. The van der Waals surface area contributed by atoms with E-state index in [4.69, 9.17) is 0 Å². The number of halogens is 1. The zero-order valence-electron chi connectivity index (χ0n) is 13.7. The van der Waals surface area contributed by atoms with Crippen molar-refractivity contribution in [2.24, 2.45) is 0 Å². The number of hydrogen-bond acceptors (Lipinski definition) is 4. The highest BCUT2D eigenvalue weighted by atomic mass is 19.1. The van der Waals surface area contributed by atoms with E-state index in [2.05, 4.69) is 9.80 Å². The summed E-state index contributed by atoms with van der Waals surface area (Å²) in [5, 5.41) is 0. The molecule has 0 spiro atoms. The fourth-order valence-corrected chi connectivity index (χ4v) is 3.18. The number of carbonyl (C=O) groups is 2. The maximum Gasteiger partial charge on any atom is 0.236 e. The zero-order chi connectivity index (χ0) is 16.9. The second kappa shape index (κ2) is 7.61. The van der Waals surface area contributed by atoms with E-state index < -0.39 is 0 Å². The minimum Gasteiger partial charge on any atom is -0.369 e. The Bertz CT molecular complexity index is 564. The summed E-state index contributed by atoms with van der Waals surface area (Å²) in [7, 11) is 0. The van der Waals surface area contributed by atoms with Crippen LogP contribution in [0.15, 0.2) is 24.3 Å². The molecule has 0 radical (unpaired) electrons. The van der Waals surface area contributed by atoms with Gasteiger partial charge in [0.05, 0.1) is 6.54 Å². The number of hydrogen-bond donors (Lipinski definition) is 0. The van der Waals surface area contributed by atoms with Gasteiger partial charge in [-0.25, -0.2) is 4.39 Å². The van der Waals surface area contributed by atoms with Crippen LogP contribution in [0.25, 0.3) is 0 Å². The summed E-state index contributed by atoms with van der Waals surface area (Å²) in [4.78, 5) is 31.0. The summed E-state index contributed by atoms with van der Waals surface area (Å²) in [6.07, 6.45) is 0.844. The van der Waals surface area contributed by atoms with Crippen molar-refractivity contribution in [1.29, 1.82) is 0 Å². The lowest BCUT2D eigenvalue weighted by molar-refractivity contribution is -0.136. The first-order valence-electron chi connectivity index (χ1n) is 8.36. The Morgan fingerprint density at radius 1 is 0.958 bits per heavy atom. The molecule has 0 N–H and O–H groups in total. The molecule has 2 heterocycles. The van der Waals surface area contributed by atoms with E-state index in [1.54, 1.807) is 17.0 Å². The van der Waals surface area contributed by atoms with Gasteiger partial charge in [-0.15, -0.1) is 0 Å². The highest BCUT2D eigenvalue weighted by molar-refractivity contribution is 5.78. The average molecular weight is 334 g/mol. The van der Waals surface area contributed by atoms with Gasteiger partial charge in [0.1, 0.15) is 5.82 Å². The Morgan fingerprint density at radius 2 is 1.58 bits per heavy atom. The van der Waals surface area contributed by atoms with Crippen molar-refractivity contribution in [3.63, 3.8) is 0 Å². The van der Waals surface area contributed by atoms with Gasteiger partial charge in [0, 0.05) is 58.0 Å². The molecule has 2 amide bonds. The molecule has 0 saturated carbocycles. The van der Waals surface area contributed by atoms with E-state index in [1.807, 2.05) is 4.90 Å². The molecule has 1 aromatic carbocycles. The summed E-state index contributed by atoms with van der Waals surface area (Å²) in [6.45, 7) is 6.20. The monoisotopic (exact) mass is 334 g/mol. The van der Waals surface area contributed by atoms with Gasteiger partial charge in [0.25, 0.3) is 0 Å². The molecule has 6 nitrogen and oxygen atoms in total. The normalized spacial score (nSPS) is 19.5. The van der Waals surface area contributed by atoms with E-state index >= 15 is 0 Å². The Morgan fingerprint density at radius 3 is 2.17 bits per heavy atom. The lowest BCUT2D eigenvalue weighted by Gasteiger charge is -2.38. The SMILES string of the molecule is O=CN1CCN(C(=O)CN2CCN(c3ccc(F)cc3)CC2)CC1. The average Bonchev–Trinajstić information content (AvgIpc) is 2.63. The van der Waals surface area contributed by atoms with Gasteiger partial charge < -0.3 is 14.7 Å². The van der Waals surface area contributed by atoms with Gasteiger partial charge in [-0.3, -0.25) is 14.5 Å². The van der Waals surface area contributed by atoms with Gasteiger partial charge in [0.2, 0.25) is 12.3 Å². The number of benzene rings is 1. The molecule has 2 aliphatic heterocycles. The Hall–Kier alpha value is -2.15. The summed E-state index contributed by atoms with van der Waals surface area (Å²) < 4.78 is 13.0. The third-order valence-corrected chi connectivity index (χ3v) is 4.74. The number of nitrogens with zero attached hydrogens (tertiary/aromatic N) is 4.